The number of esters is 2. The summed E-state index contributed by atoms with van der Waals surface area (Å²) in [7, 11) is 0. The Hall–Kier alpha value is -4.26. The predicted octanol–water partition coefficient (Wildman–Crippen LogP) is 5.73. The largest absolute Gasteiger partial charge is 0.490 e. The maximum atomic E-state index is 13.2. The summed E-state index contributed by atoms with van der Waals surface area (Å²) in [4.78, 5) is 29.7. The molecular formula is C30H29NO6. The fraction of sp³-hybridized carbons (Fsp3) is 0.267. The number of fused-ring (bicyclic) bond motifs is 1. The van der Waals surface area contributed by atoms with E-state index in [4.69, 9.17) is 18.9 Å². The van der Waals surface area contributed by atoms with Crippen LogP contribution in [-0.2, 0) is 25.7 Å². The molecule has 1 fully saturated rings. The van der Waals surface area contributed by atoms with Gasteiger partial charge in [0, 0.05) is 36.9 Å². The summed E-state index contributed by atoms with van der Waals surface area (Å²) in [6.45, 7) is 5.79. The molecule has 7 heteroatoms. The molecule has 1 aliphatic rings. The predicted molar refractivity (Wildman–Crippen MR) is 138 cm³/mol. The molecule has 1 aromatic heterocycles. The Morgan fingerprint density at radius 2 is 1.59 bits per heavy atom. The molecule has 0 unspecified atom stereocenters. The lowest BCUT2D eigenvalue weighted by Crippen LogP contribution is -2.48. The molecule has 1 N–H and O–H groups in total. The first kappa shape index (κ1) is 24.4. The van der Waals surface area contributed by atoms with Crippen molar-refractivity contribution >= 4 is 22.8 Å². The zero-order valence-electron chi connectivity index (χ0n) is 21.0. The van der Waals surface area contributed by atoms with Crippen LogP contribution in [0.25, 0.3) is 10.9 Å². The number of cyclic esters (lactones) is 2. The maximum absolute atomic E-state index is 13.2. The van der Waals surface area contributed by atoms with Gasteiger partial charge in [0.15, 0.2) is 17.4 Å². The number of para-hydroxylation sites is 1. The van der Waals surface area contributed by atoms with Crippen LogP contribution in [0, 0.1) is 5.92 Å². The lowest BCUT2D eigenvalue weighted by molar-refractivity contribution is -0.240. The van der Waals surface area contributed by atoms with Crippen molar-refractivity contribution in [2.75, 3.05) is 6.61 Å². The van der Waals surface area contributed by atoms with E-state index in [1.807, 2.05) is 85.9 Å². The number of hydrogen-bond donors (Lipinski definition) is 1. The fourth-order valence-corrected chi connectivity index (χ4v) is 4.74. The molecule has 1 saturated heterocycles. The van der Waals surface area contributed by atoms with Crippen LogP contribution in [0.3, 0.4) is 0 Å². The number of H-pyrrole nitrogens is 1. The van der Waals surface area contributed by atoms with E-state index in [2.05, 4.69) is 4.98 Å². The lowest BCUT2D eigenvalue weighted by Gasteiger charge is -2.36. The van der Waals surface area contributed by atoms with Crippen molar-refractivity contribution in [1.82, 2.24) is 4.98 Å². The standard InChI is InChI=1S/C30H29NO6/c1-4-34-25-16-20(14-15-24(25)35-18-19-10-6-5-7-11-19)26(22-17-31-23-13-9-8-12-21(22)23)27-28(32)36-30(2,3)37-29(27)33/h5-17,26-27,31H,4,18H2,1-3H3/t26-/m1/s1. The molecule has 1 aliphatic heterocycles. The monoisotopic (exact) mass is 499 g/mol. The molecule has 3 aromatic carbocycles. The van der Waals surface area contributed by atoms with Gasteiger partial charge >= 0.3 is 11.9 Å². The number of benzene rings is 3. The van der Waals surface area contributed by atoms with Crippen LogP contribution >= 0.6 is 0 Å². The van der Waals surface area contributed by atoms with Crippen LogP contribution in [0.1, 0.15) is 43.4 Å². The first-order valence-corrected chi connectivity index (χ1v) is 12.3. The molecule has 0 radical (unpaired) electrons. The van der Waals surface area contributed by atoms with Gasteiger partial charge in [0.1, 0.15) is 6.61 Å². The van der Waals surface area contributed by atoms with E-state index in [1.54, 1.807) is 13.8 Å². The third-order valence-corrected chi connectivity index (χ3v) is 6.35. The summed E-state index contributed by atoms with van der Waals surface area (Å²) in [5.74, 6) is -3.33. The molecule has 190 valence electrons. The quantitative estimate of drug-likeness (QED) is 0.246. The van der Waals surface area contributed by atoms with E-state index in [9.17, 15) is 9.59 Å². The minimum Gasteiger partial charge on any atom is -0.490 e. The van der Waals surface area contributed by atoms with Gasteiger partial charge in [0.2, 0.25) is 0 Å². The van der Waals surface area contributed by atoms with Crippen molar-refractivity contribution in [2.45, 2.75) is 39.1 Å². The molecule has 5 rings (SSSR count). The number of aromatic amines is 1. The normalized spacial score (nSPS) is 16.2. The molecule has 0 saturated carbocycles. The lowest BCUT2D eigenvalue weighted by atomic mass is 9.80. The highest BCUT2D eigenvalue weighted by molar-refractivity contribution is 5.99. The number of hydrogen-bond acceptors (Lipinski definition) is 6. The van der Waals surface area contributed by atoms with Gasteiger partial charge in [0.05, 0.1) is 6.61 Å². The van der Waals surface area contributed by atoms with Gasteiger partial charge in [-0.2, -0.15) is 0 Å². The number of carbonyl (C=O) groups excluding carboxylic acids is 2. The molecule has 0 aliphatic carbocycles. The summed E-state index contributed by atoms with van der Waals surface area (Å²) >= 11 is 0. The van der Waals surface area contributed by atoms with E-state index >= 15 is 0 Å². The molecule has 4 aromatic rings. The van der Waals surface area contributed by atoms with Crippen molar-refractivity contribution < 1.29 is 28.5 Å². The molecule has 37 heavy (non-hydrogen) atoms. The second-order valence-electron chi connectivity index (χ2n) is 9.40. The summed E-state index contributed by atoms with van der Waals surface area (Å²) in [5, 5.41) is 0.903. The van der Waals surface area contributed by atoms with E-state index in [-0.39, 0.29) is 0 Å². The Morgan fingerprint density at radius 1 is 0.892 bits per heavy atom. The van der Waals surface area contributed by atoms with Gasteiger partial charge in [-0.3, -0.25) is 9.59 Å². The minimum absolute atomic E-state index is 0.377. The Bertz CT molecular complexity index is 1400. The molecule has 2 heterocycles. The fourth-order valence-electron chi connectivity index (χ4n) is 4.74. The highest BCUT2D eigenvalue weighted by atomic mass is 16.7. The molecule has 7 nitrogen and oxygen atoms in total. The second kappa shape index (κ2) is 10.0. The average Bonchev–Trinajstić information content (AvgIpc) is 3.29. The second-order valence-corrected chi connectivity index (χ2v) is 9.40. The highest BCUT2D eigenvalue weighted by Gasteiger charge is 2.48. The van der Waals surface area contributed by atoms with Crippen LogP contribution in [0.15, 0.2) is 79.0 Å². The van der Waals surface area contributed by atoms with Gasteiger partial charge < -0.3 is 23.9 Å². The molecule has 1 atom stereocenters. The minimum atomic E-state index is -1.32. The van der Waals surface area contributed by atoms with Crippen molar-refractivity contribution in [1.29, 1.82) is 0 Å². The molecule has 0 amide bonds. The van der Waals surface area contributed by atoms with Gasteiger partial charge in [-0.15, -0.1) is 0 Å². The third kappa shape index (κ3) is 5.03. The number of ether oxygens (including phenoxy) is 4. The van der Waals surface area contributed by atoms with Crippen LogP contribution in [-0.4, -0.2) is 29.3 Å². The SMILES string of the molecule is CCOc1cc([C@H](c2c[nH]c3ccccc23)C2C(=O)OC(C)(C)OC2=O)ccc1OCc1ccccc1. The van der Waals surface area contributed by atoms with Crippen molar-refractivity contribution in [3.63, 3.8) is 0 Å². The Kier molecular flexibility index (Phi) is 6.61. The van der Waals surface area contributed by atoms with Crippen molar-refractivity contribution in [2.24, 2.45) is 5.92 Å². The van der Waals surface area contributed by atoms with Gasteiger partial charge in [0.25, 0.3) is 5.79 Å². The Morgan fingerprint density at radius 3 is 2.32 bits per heavy atom. The topological polar surface area (TPSA) is 86.9 Å². The van der Waals surface area contributed by atoms with Gasteiger partial charge in [-0.25, -0.2) is 0 Å². The van der Waals surface area contributed by atoms with Crippen molar-refractivity contribution in [3.8, 4) is 11.5 Å². The first-order chi connectivity index (χ1) is 17.9. The zero-order valence-corrected chi connectivity index (χ0v) is 21.0. The summed E-state index contributed by atoms with van der Waals surface area (Å²) in [6.07, 6.45) is 1.83. The summed E-state index contributed by atoms with van der Waals surface area (Å²) in [6, 6.07) is 23.1. The van der Waals surface area contributed by atoms with Crippen LogP contribution in [0.5, 0.6) is 11.5 Å². The van der Waals surface area contributed by atoms with Crippen molar-refractivity contribution in [3.05, 3.63) is 95.7 Å². The van der Waals surface area contributed by atoms with Crippen LogP contribution in [0.2, 0.25) is 0 Å². The van der Waals surface area contributed by atoms with Gasteiger partial charge in [-0.1, -0.05) is 54.6 Å². The molecule has 0 bridgehead atoms. The van der Waals surface area contributed by atoms with E-state index < -0.39 is 29.6 Å². The average molecular weight is 500 g/mol. The van der Waals surface area contributed by atoms with E-state index in [0.29, 0.717) is 30.3 Å². The van der Waals surface area contributed by atoms with Gasteiger partial charge in [-0.05, 0) is 41.8 Å². The highest BCUT2D eigenvalue weighted by Crippen LogP contribution is 2.43. The van der Waals surface area contributed by atoms with Crippen LogP contribution in [0.4, 0.5) is 0 Å². The van der Waals surface area contributed by atoms with E-state index in [1.165, 1.54) is 0 Å². The maximum Gasteiger partial charge on any atom is 0.324 e. The molecule has 0 spiro atoms. The van der Waals surface area contributed by atoms with Crippen LogP contribution < -0.4 is 9.47 Å². The summed E-state index contributed by atoms with van der Waals surface area (Å²) in [5.41, 5.74) is 3.42. The number of aromatic nitrogens is 1. The zero-order chi connectivity index (χ0) is 26.0. The van der Waals surface area contributed by atoms with E-state index in [0.717, 1.165) is 22.0 Å². The first-order valence-electron chi connectivity index (χ1n) is 12.3. The molecular weight excluding hydrogens is 470 g/mol. The number of rotatable bonds is 8. The Labute approximate surface area is 215 Å². The summed E-state index contributed by atoms with van der Waals surface area (Å²) < 4.78 is 23.0. The Balaban J connectivity index is 1.57. The number of nitrogens with one attached hydrogen (secondary N) is 1. The third-order valence-electron chi connectivity index (χ3n) is 6.35. The smallest absolute Gasteiger partial charge is 0.324 e. The number of carbonyl (C=O) groups is 2.